The maximum absolute atomic E-state index is 4.96. The van der Waals surface area contributed by atoms with Gasteiger partial charge in [0.2, 0.25) is 0 Å². The minimum absolute atomic E-state index is 0. The maximum Gasteiger partial charge on any atom is 3.00 e. The molecule has 3 aromatic heterocycles. The van der Waals surface area contributed by atoms with Crippen LogP contribution in [0.2, 0.25) is 0 Å². The monoisotopic (exact) mass is 1470 g/mol. The number of fused-ring (bicyclic) bond motifs is 27. The molecule has 87 heavy (non-hydrogen) atoms. The van der Waals surface area contributed by atoms with Crippen LogP contribution >= 0.6 is 0 Å². The number of hydrogen-bond donors (Lipinski definition) is 0. The zero-order valence-electron chi connectivity index (χ0n) is 46.9. The zero-order valence-corrected chi connectivity index (χ0v) is 51.6. The molecule has 1 radical (unpaired) electrons. The third-order valence-corrected chi connectivity index (χ3v) is 16.4. The van der Waals surface area contributed by atoms with E-state index in [0.717, 1.165) is 56.2 Å². The molecule has 0 fully saturated rings. The number of nitrogens with zero attached hydrogens (tertiary/aromatic N) is 10. The molecule has 5 aliphatic rings. The van der Waals surface area contributed by atoms with Gasteiger partial charge >= 0.3 is 20.1 Å². The number of hydrogen-bond acceptors (Lipinski definition) is 7. The SMILES string of the molecule is CN1[CH-]N(c2[c-]cccc2)c2ccccc21.[Ir+3].[Ir].[c-]1cccc2c1-n1nc3ccccc3c1N1B2c2ccccc2-c2ccccc21.[c-]1cccc2c1-n1nc3ccccc3c1N1B2c2ccccc2-c2ccccc21.[c-]1ccccc1-n1cccn1. The first-order valence-corrected chi connectivity index (χ1v) is 28.5. The molecule has 11 aromatic carbocycles. The molecule has 0 spiro atoms. The first-order valence-electron chi connectivity index (χ1n) is 28.5. The van der Waals surface area contributed by atoms with Crippen LogP contribution in [0.5, 0.6) is 0 Å². The summed E-state index contributed by atoms with van der Waals surface area (Å²) in [5.74, 6) is 2.23. The summed E-state index contributed by atoms with van der Waals surface area (Å²) >= 11 is 0. The molecule has 417 valence electrons. The predicted octanol–water partition coefficient (Wildman–Crippen LogP) is 13.0. The third-order valence-electron chi connectivity index (χ3n) is 16.4. The van der Waals surface area contributed by atoms with Crippen molar-refractivity contribution in [1.82, 2.24) is 29.3 Å². The Hall–Kier alpha value is -9.80. The van der Waals surface area contributed by atoms with Gasteiger partial charge in [0.1, 0.15) is 11.6 Å². The van der Waals surface area contributed by atoms with Crippen LogP contribution in [0.4, 0.5) is 40.1 Å². The first kappa shape index (κ1) is 55.1. The molecule has 19 rings (SSSR count). The first-order chi connectivity index (χ1) is 42.2. The maximum atomic E-state index is 4.96. The van der Waals surface area contributed by atoms with Crippen molar-refractivity contribution < 1.29 is 40.2 Å². The summed E-state index contributed by atoms with van der Waals surface area (Å²) in [4.78, 5) is 9.19. The summed E-state index contributed by atoms with van der Waals surface area (Å²) in [6.45, 7) is 2.28. The van der Waals surface area contributed by atoms with Crippen LogP contribution in [0.15, 0.2) is 273 Å². The predicted molar refractivity (Wildman–Crippen MR) is 347 cm³/mol. The average Bonchev–Trinajstić information content (AvgIpc) is 1.75. The van der Waals surface area contributed by atoms with Gasteiger partial charge in [-0.2, -0.15) is 125 Å². The fourth-order valence-corrected chi connectivity index (χ4v) is 12.9. The summed E-state index contributed by atoms with van der Waals surface area (Å²) in [6, 6.07) is 103. The number of benzene rings is 11. The van der Waals surface area contributed by atoms with E-state index >= 15 is 0 Å². The number of rotatable bonds is 2. The minimum Gasteiger partial charge on any atom is -0.504 e. The fraction of sp³-hybridized carbons (Fsp3) is 0.0137. The third kappa shape index (κ3) is 9.32. The Kier molecular flexibility index (Phi) is 14.7. The van der Waals surface area contributed by atoms with Crippen LogP contribution < -0.4 is 41.3 Å². The van der Waals surface area contributed by atoms with Crippen LogP contribution in [0.25, 0.3) is 61.1 Å². The van der Waals surface area contributed by atoms with Gasteiger partial charge in [0.05, 0.1) is 11.0 Å². The molecule has 14 aromatic rings. The zero-order chi connectivity index (χ0) is 56.4. The summed E-state index contributed by atoms with van der Waals surface area (Å²) in [5, 5.41) is 16.3. The van der Waals surface area contributed by atoms with Gasteiger partial charge in [-0.05, 0) is 89.8 Å². The minimum atomic E-state index is 0. The van der Waals surface area contributed by atoms with E-state index in [1.54, 1.807) is 10.9 Å². The molecule has 0 bridgehead atoms. The molecular formula is C73H49B2Ir2N10-2. The normalized spacial score (nSPS) is 12.7. The Morgan fingerprint density at radius 3 is 1.32 bits per heavy atom. The van der Waals surface area contributed by atoms with E-state index in [-0.39, 0.29) is 53.9 Å². The van der Waals surface area contributed by atoms with Crippen molar-refractivity contribution in [1.29, 1.82) is 0 Å². The molecule has 0 saturated heterocycles. The van der Waals surface area contributed by atoms with Crippen molar-refractivity contribution in [3.8, 4) is 39.3 Å². The Bertz CT molecular complexity index is 4580. The molecule has 14 heteroatoms. The Balaban J connectivity index is 0.000000108. The second kappa shape index (κ2) is 23.2. The van der Waals surface area contributed by atoms with E-state index in [2.05, 4.69) is 260 Å². The smallest absolute Gasteiger partial charge is 0.504 e. The van der Waals surface area contributed by atoms with E-state index in [4.69, 9.17) is 10.2 Å². The molecule has 10 nitrogen and oxygen atoms in total. The number of para-hydroxylation sites is 8. The molecule has 0 aliphatic carbocycles. The van der Waals surface area contributed by atoms with Gasteiger partial charge in [-0.25, -0.2) is 9.36 Å². The Morgan fingerprint density at radius 1 is 0.391 bits per heavy atom. The summed E-state index contributed by atoms with van der Waals surface area (Å²) in [5.41, 5.74) is 21.2. The van der Waals surface area contributed by atoms with Crippen LogP contribution in [0, 0.1) is 30.9 Å². The van der Waals surface area contributed by atoms with Gasteiger partial charge in [0, 0.05) is 77.1 Å². The van der Waals surface area contributed by atoms with Gasteiger partial charge in [0.15, 0.2) is 0 Å². The van der Waals surface area contributed by atoms with Crippen LogP contribution in [-0.2, 0) is 40.2 Å². The molecule has 0 N–H and O–H groups in total. The van der Waals surface area contributed by atoms with Gasteiger partial charge < -0.3 is 19.4 Å². The van der Waals surface area contributed by atoms with Gasteiger partial charge in [-0.3, -0.25) is 4.68 Å². The second-order valence-electron chi connectivity index (χ2n) is 21.2. The van der Waals surface area contributed by atoms with Crippen LogP contribution in [0.1, 0.15) is 0 Å². The summed E-state index contributed by atoms with van der Waals surface area (Å²) in [6.07, 6.45) is 3.65. The molecule has 8 heterocycles. The standard InChI is InChI=1S/2C25H15BN3.C14H12N2.C9H7N2.2Ir/c2*1-4-12-20-17(9-1)18-10-3-7-15-23(18)28-25-19-11-2-6-14-22(19)27-29(25)24-16-8-5-13-21(24)26(20)28;1-15-11-16(12-7-3-2-4-8-12)14-10-6-5-9-13(14)15;1-2-5-9(6-3-1)11-8-4-7-10-11;;/h2*1-15H;2-7,9-11H,1H3;1-5,7-8H;;/q2*-1;-2;-1;;+3. The fourth-order valence-electron chi connectivity index (χ4n) is 12.9. The number of anilines is 7. The van der Waals surface area contributed by atoms with Crippen LogP contribution in [-0.4, -0.2) is 50.1 Å². The molecule has 0 unspecified atom stereocenters. The molecule has 0 saturated carbocycles. The Labute approximate surface area is 533 Å². The number of aromatic nitrogens is 6. The van der Waals surface area contributed by atoms with Gasteiger partial charge in [-0.1, -0.05) is 132 Å². The van der Waals surface area contributed by atoms with E-state index in [1.807, 2.05) is 79.0 Å². The van der Waals surface area contributed by atoms with Gasteiger partial charge in [0.25, 0.3) is 13.7 Å². The van der Waals surface area contributed by atoms with Gasteiger partial charge in [-0.15, -0.1) is 22.7 Å². The van der Waals surface area contributed by atoms with E-state index < -0.39 is 0 Å². The van der Waals surface area contributed by atoms with Crippen molar-refractivity contribution in [3.63, 3.8) is 0 Å². The topological polar surface area (TPSA) is 66.4 Å². The van der Waals surface area contributed by atoms with Crippen molar-refractivity contribution in [2.45, 2.75) is 0 Å². The average molecular weight is 1470 g/mol. The summed E-state index contributed by atoms with van der Waals surface area (Å²) in [7, 11) is 2.06. The van der Waals surface area contributed by atoms with Crippen LogP contribution in [0.3, 0.4) is 0 Å². The molecule has 0 amide bonds. The van der Waals surface area contributed by atoms with E-state index in [0.29, 0.717) is 0 Å². The van der Waals surface area contributed by atoms with Crippen molar-refractivity contribution >= 4 is 97.4 Å². The Morgan fingerprint density at radius 2 is 0.816 bits per heavy atom. The van der Waals surface area contributed by atoms with Crippen molar-refractivity contribution in [2.75, 3.05) is 26.5 Å². The van der Waals surface area contributed by atoms with Crippen molar-refractivity contribution in [2.24, 2.45) is 0 Å². The van der Waals surface area contributed by atoms with E-state index in [9.17, 15) is 0 Å². The quantitative estimate of drug-likeness (QED) is 0.126. The summed E-state index contributed by atoms with van der Waals surface area (Å²) < 4.78 is 5.92. The molecule has 0 atom stereocenters. The van der Waals surface area contributed by atoms with Crippen molar-refractivity contribution in [3.05, 3.63) is 304 Å². The molecular weight excluding hydrogens is 1420 g/mol. The molecule has 5 aliphatic heterocycles. The second-order valence-corrected chi connectivity index (χ2v) is 21.2. The van der Waals surface area contributed by atoms with E-state index in [1.165, 1.54) is 66.9 Å². The largest absolute Gasteiger partial charge is 3.00 e.